The number of aryl methyl sites for hydroxylation is 1. The number of hydrogen-bond donors (Lipinski definition) is 1. The number of hydrogen-bond acceptors (Lipinski definition) is 5. The minimum Gasteiger partial charge on any atom is -0.497 e. The van der Waals surface area contributed by atoms with Gasteiger partial charge in [0.2, 0.25) is 10.0 Å². The second kappa shape index (κ2) is 7.01. The molecular formula is C19H21NO5S. The number of para-hydroxylation sites is 1. The van der Waals surface area contributed by atoms with Crippen molar-refractivity contribution in [3.63, 3.8) is 0 Å². The molecule has 0 bridgehead atoms. The molecule has 7 heteroatoms. The number of rotatable bonds is 6. The van der Waals surface area contributed by atoms with Crippen molar-refractivity contribution in [3.05, 3.63) is 53.8 Å². The van der Waals surface area contributed by atoms with E-state index in [1.54, 1.807) is 19.1 Å². The van der Waals surface area contributed by atoms with Gasteiger partial charge in [0.1, 0.15) is 27.7 Å². The number of methoxy groups -OCH3 is 2. The predicted molar refractivity (Wildman–Crippen MR) is 99.2 cm³/mol. The van der Waals surface area contributed by atoms with Crippen molar-refractivity contribution in [2.75, 3.05) is 14.2 Å². The van der Waals surface area contributed by atoms with Gasteiger partial charge in [-0.15, -0.1) is 0 Å². The number of fused-ring (bicyclic) bond motifs is 1. The van der Waals surface area contributed by atoms with Crippen LogP contribution in [0.4, 0.5) is 0 Å². The van der Waals surface area contributed by atoms with Gasteiger partial charge in [0.25, 0.3) is 0 Å². The molecule has 1 aromatic heterocycles. The Kier molecular flexibility index (Phi) is 4.93. The Morgan fingerprint density at radius 2 is 1.81 bits per heavy atom. The average molecular weight is 375 g/mol. The summed E-state index contributed by atoms with van der Waals surface area (Å²) in [4.78, 5) is 0.0139. The van der Waals surface area contributed by atoms with Crippen molar-refractivity contribution in [1.29, 1.82) is 0 Å². The largest absolute Gasteiger partial charge is 0.497 e. The third-order valence-electron chi connectivity index (χ3n) is 4.27. The molecule has 138 valence electrons. The Labute approximate surface area is 152 Å². The molecule has 0 spiro atoms. The normalized spacial score (nSPS) is 12.9. The van der Waals surface area contributed by atoms with Crippen molar-refractivity contribution < 1.29 is 22.3 Å². The van der Waals surface area contributed by atoms with Gasteiger partial charge in [0.15, 0.2) is 0 Å². The van der Waals surface area contributed by atoms with Gasteiger partial charge >= 0.3 is 0 Å². The van der Waals surface area contributed by atoms with Crippen LogP contribution < -0.4 is 14.2 Å². The number of nitrogens with one attached hydrogen (secondary N) is 1. The topological polar surface area (TPSA) is 77.8 Å². The first kappa shape index (κ1) is 18.3. The molecule has 1 unspecified atom stereocenters. The van der Waals surface area contributed by atoms with Crippen LogP contribution in [0.25, 0.3) is 11.0 Å². The molecule has 1 atom stereocenters. The van der Waals surface area contributed by atoms with Crippen molar-refractivity contribution in [2.45, 2.75) is 24.8 Å². The molecule has 0 aliphatic rings. The van der Waals surface area contributed by atoms with Crippen LogP contribution in [0.15, 0.2) is 51.8 Å². The molecule has 0 aliphatic carbocycles. The maximum absolute atomic E-state index is 12.9. The first-order valence-electron chi connectivity index (χ1n) is 8.09. The quantitative estimate of drug-likeness (QED) is 0.709. The lowest BCUT2D eigenvalue weighted by atomic mass is 10.1. The first-order valence-corrected chi connectivity index (χ1v) is 9.58. The number of furan rings is 1. The Hall–Kier alpha value is -2.51. The molecule has 0 radical (unpaired) electrons. The summed E-state index contributed by atoms with van der Waals surface area (Å²) in [5, 5.41) is 0.965. The third kappa shape index (κ3) is 3.27. The molecule has 0 fully saturated rings. The molecule has 1 heterocycles. The highest BCUT2D eigenvalue weighted by Crippen LogP contribution is 2.32. The van der Waals surface area contributed by atoms with Crippen LogP contribution in [-0.2, 0) is 10.0 Å². The van der Waals surface area contributed by atoms with Crippen LogP contribution >= 0.6 is 0 Å². The number of benzene rings is 2. The van der Waals surface area contributed by atoms with Crippen molar-refractivity contribution in [2.24, 2.45) is 0 Å². The van der Waals surface area contributed by atoms with Gasteiger partial charge in [-0.3, -0.25) is 0 Å². The van der Waals surface area contributed by atoms with E-state index in [2.05, 4.69) is 4.72 Å². The van der Waals surface area contributed by atoms with E-state index in [9.17, 15) is 8.42 Å². The molecule has 1 N–H and O–H groups in total. The lowest BCUT2D eigenvalue weighted by Crippen LogP contribution is -2.27. The SMILES string of the molecule is COc1ccc(OC)c(S(=O)(=O)NC(C)c2oc3ccccc3c2C)c1. The summed E-state index contributed by atoms with van der Waals surface area (Å²) >= 11 is 0. The second-order valence-corrected chi connectivity index (χ2v) is 7.63. The van der Waals surface area contributed by atoms with E-state index in [0.29, 0.717) is 11.5 Å². The maximum atomic E-state index is 12.9. The lowest BCUT2D eigenvalue weighted by molar-refractivity contribution is 0.391. The molecule has 3 rings (SSSR count). The summed E-state index contributed by atoms with van der Waals surface area (Å²) in [5.74, 6) is 1.25. The van der Waals surface area contributed by atoms with Crippen LogP contribution in [0.5, 0.6) is 11.5 Å². The zero-order valence-corrected chi connectivity index (χ0v) is 15.9. The zero-order chi connectivity index (χ0) is 18.9. The fraction of sp³-hybridized carbons (Fsp3) is 0.263. The van der Waals surface area contributed by atoms with E-state index < -0.39 is 16.1 Å². The fourth-order valence-electron chi connectivity index (χ4n) is 2.95. The molecule has 26 heavy (non-hydrogen) atoms. The van der Waals surface area contributed by atoms with Crippen molar-refractivity contribution >= 4 is 21.0 Å². The molecule has 6 nitrogen and oxygen atoms in total. The summed E-state index contributed by atoms with van der Waals surface area (Å²) < 4.78 is 44.6. The van der Waals surface area contributed by atoms with Crippen molar-refractivity contribution in [1.82, 2.24) is 4.72 Å². The Morgan fingerprint density at radius 1 is 1.08 bits per heavy atom. The van der Waals surface area contributed by atoms with E-state index >= 15 is 0 Å². The van der Waals surface area contributed by atoms with Crippen LogP contribution in [0.1, 0.15) is 24.3 Å². The van der Waals surface area contributed by atoms with Gasteiger partial charge in [-0.25, -0.2) is 13.1 Å². The van der Waals surface area contributed by atoms with Gasteiger partial charge in [-0.2, -0.15) is 0 Å². The highest BCUT2D eigenvalue weighted by molar-refractivity contribution is 7.89. The van der Waals surface area contributed by atoms with E-state index in [1.807, 2.05) is 31.2 Å². The Balaban J connectivity index is 1.97. The van der Waals surface area contributed by atoms with E-state index in [4.69, 9.17) is 13.9 Å². The summed E-state index contributed by atoms with van der Waals surface area (Å²) in [7, 11) is -0.950. The third-order valence-corrected chi connectivity index (χ3v) is 5.83. The minimum absolute atomic E-state index is 0.0139. The van der Waals surface area contributed by atoms with Gasteiger partial charge in [0, 0.05) is 17.0 Å². The van der Waals surface area contributed by atoms with Gasteiger partial charge in [-0.05, 0) is 32.0 Å². The maximum Gasteiger partial charge on any atom is 0.245 e. The highest BCUT2D eigenvalue weighted by Gasteiger charge is 2.26. The highest BCUT2D eigenvalue weighted by atomic mass is 32.2. The molecule has 0 aliphatic heterocycles. The molecule has 0 saturated heterocycles. The smallest absolute Gasteiger partial charge is 0.245 e. The molecule has 0 amide bonds. The predicted octanol–water partition coefficient (Wildman–Crippen LogP) is 3.80. The molecule has 3 aromatic rings. The molecule has 0 saturated carbocycles. The van der Waals surface area contributed by atoms with Gasteiger partial charge in [-0.1, -0.05) is 18.2 Å². The Morgan fingerprint density at radius 3 is 2.46 bits per heavy atom. The fourth-order valence-corrected chi connectivity index (χ4v) is 4.34. The monoisotopic (exact) mass is 375 g/mol. The first-order chi connectivity index (χ1) is 12.4. The summed E-state index contributed by atoms with van der Waals surface area (Å²) in [5.41, 5.74) is 1.64. The van der Waals surface area contributed by atoms with Crippen LogP contribution in [0, 0.1) is 6.92 Å². The molecule has 2 aromatic carbocycles. The Bertz CT molecular complexity index is 1040. The zero-order valence-electron chi connectivity index (χ0n) is 15.1. The van der Waals surface area contributed by atoms with E-state index in [0.717, 1.165) is 16.5 Å². The summed E-state index contributed by atoms with van der Waals surface area (Å²) in [6.07, 6.45) is 0. The van der Waals surface area contributed by atoms with Crippen LogP contribution in [0.3, 0.4) is 0 Å². The van der Waals surface area contributed by atoms with Crippen LogP contribution in [-0.4, -0.2) is 22.6 Å². The lowest BCUT2D eigenvalue weighted by Gasteiger charge is -2.16. The average Bonchev–Trinajstić information content (AvgIpc) is 2.98. The standard InChI is InChI=1S/C19H21NO5S/c1-12-15-7-5-6-8-16(15)25-19(12)13(2)20-26(21,22)18-11-14(23-3)9-10-17(18)24-4/h5-11,13,20H,1-4H3. The van der Waals surface area contributed by atoms with Crippen molar-refractivity contribution in [3.8, 4) is 11.5 Å². The van der Waals surface area contributed by atoms with E-state index in [1.165, 1.54) is 20.3 Å². The van der Waals surface area contributed by atoms with Crippen LogP contribution in [0.2, 0.25) is 0 Å². The number of sulfonamides is 1. The molecular weight excluding hydrogens is 354 g/mol. The second-order valence-electron chi connectivity index (χ2n) is 5.95. The number of ether oxygens (including phenoxy) is 2. The summed E-state index contributed by atoms with van der Waals surface area (Å²) in [6, 6.07) is 11.7. The van der Waals surface area contributed by atoms with E-state index in [-0.39, 0.29) is 10.6 Å². The van der Waals surface area contributed by atoms with Gasteiger partial charge in [0.05, 0.1) is 20.3 Å². The summed E-state index contributed by atoms with van der Waals surface area (Å²) in [6.45, 7) is 3.66. The minimum atomic E-state index is -3.85. The van der Waals surface area contributed by atoms with Gasteiger partial charge < -0.3 is 13.9 Å².